The Labute approximate surface area is 107 Å². The zero-order chi connectivity index (χ0) is 12.4. The van der Waals surface area contributed by atoms with Crippen LogP contribution in [0.2, 0.25) is 0 Å². The Morgan fingerprint density at radius 1 is 1.33 bits per heavy atom. The second-order valence-corrected chi connectivity index (χ2v) is 4.47. The van der Waals surface area contributed by atoms with Gasteiger partial charge in [-0.3, -0.25) is 4.57 Å². The van der Waals surface area contributed by atoms with Gasteiger partial charge in [-0.1, -0.05) is 0 Å². The molecule has 0 bridgehead atoms. The van der Waals surface area contributed by atoms with Gasteiger partial charge in [-0.2, -0.15) is 0 Å². The van der Waals surface area contributed by atoms with Gasteiger partial charge in [0.25, 0.3) is 0 Å². The minimum Gasteiger partial charge on any atom is -0.494 e. The van der Waals surface area contributed by atoms with Crippen molar-refractivity contribution in [3.63, 3.8) is 0 Å². The summed E-state index contributed by atoms with van der Waals surface area (Å²) < 4.78 is 7.51. The Balaban J connectivity index is 1.82. The van der Waals surface area contributed by atoms with Crippen LogP contribution in [0.25, 0.3) is 5.69 Å². The van der Waals surface area contributed by atoms with E-state index in [0.717, 1.165) is 17.4 Å². The maximum absolute atomic E-state index is 5.44. The van der Waals surface area contributed by atoms with Gasteiger partial charge in [0.2, 0.25) is 5.95 Å². The molecule has 0 spiro atoms. The Kier molecular flexibility index (Phi) is 2.92. The zero-order valence-electron chi connectivity index (χ0n) is 10.5. The lowest BCUT2D eigenvalue weighted by Crippen LogP contribution is -2.07. The van der Waals surface area contributed by atoms with E-state index >= 15 is 0 Å². The van der Waals surface area contributed by atoms with Crippen LogP contribution in [0.1, 0.15) is 19.8 Å². The maximum atomic E-state index is 5.44. The van der Waals surface area contributed by atoms with Crippen LogP contribution in [0.15, 0.2) is 36.7 Å². The average Bonchev–Trinajstić information content (AvgIpc) is 3.08. The molecule has 1 N–H and O–H groups in total. The van der Waals surface area contributed by atoms with E-state index in [0.29, 0.717) is 12.6 Å². The van der Waals surface area contributed by atoms with Crippen molar-refractivity contribution < 1.29 is 4.74 Å². The summed E-state index contributed by atoms with van der Waals surface area (Å²) in [6.45, 7) is 2.68. The monoisotopic (exact) mass is 243 g/mol. The summed E-state index contributed by atoms with van der Waals surface area (Å²) in [5.74, 6) is 1.82. The van der Waals surface area contributed by atoms with Crippen molar-refractivity contribution in [1.82, 2.24) is 9.55 Å². The van der Waals surface area contributed by atoms with E-state index in [4.69, 9.17) is 4.74 Å². The smallest absolute Gasteiger partial charge is 0.207 e. The highest BCUT2D eigenvalue weighted by Crippen LogP contribution is 2.25. The second-order valence-electron chi connectivity index (χ2n) is 4.47. The zero-order valence-corrected chi connectivity index (χ0v) is 10.5. The van der Waals surface area contributed by atoms with E-state index in [2.05, 4.69) is 14.9 Å². The van der Waals surface area contributed by atoms with E-state index in [1.54, 1.807) is 0 Å². The molecule has 18 heavy (non-hydrogen) atoms. The van der Waals surface area contributed by atoms with Crippen molar-refractivity contribution in [2.45, 2.75) is 25.8 Å². The molecule has 94 valence electrons. The highest BCUT2D eigenvalue weighted by molar-refractivity contribution is 5.45. The van der Waals surface area contributed by atoms with Crippen molar-refractivity contribution in [3.8, 4) is 11.4 Å². The van der Waals surface area contributed by atoms with Crippen LogP contribution in [-0.2, 0) is 0 Å². The number of benzene rings is 1. The van der Waals surface area contributed by atoms with Crippen molar-refractivity contribution in [3.05, 3.63) is 36.7 Å². The van der Waals surface area contributed by atoms with Gasteiger partial charge in [-0.25, -0.2) is 4.98 Å². The molecule has 0 radical (unpaired) electrons. The predicted molar refractivity (Wildman–Crippen MR) is 71.4 cm³/mol. The number of nitrogens with one attached hydrogen (secondary N) is 1. The van der Waals surface area contributed by atoms with Gasteiger partial charge in [-0.15, -0.1) is 0 Å². The first-order valence-electron chi connectivity index (χ1n) is 6.40. The largest absolute Gasteiger partial charge is 0.494 e. The first-order chi connectivity index (χ1) is 8.86. The standard InChI is InChI=1S/C14H17N3O/c1-2-18-13-7-5-12(6-8-13)17-10-9-15-14(17)16-11-3-4-11/h5-11H,2-4H2,1H3,(H,15,16). The molecule has 2 aromatic rings. The molecule has 0 saturated heterocycles. The topological polar surface area (TPSA) is 39.1 Å². The highest BCUT2D eigenvalue weighted by Gasteiger charge is 2.22. The van der Waals surface area contributed by atoms with E-state index < -0.39 is 0 Å². The number of anilines is 1. The summed E-state index contributed by atoms with van der Waals surface area (Å²) in [6.07, 6.45) is 6.29. The molecule has 0 amide bonds. The number of aromatic nitrogens is 2. The van der Waals surface area contributed by atoms with Crippen molar-refractivity contribution >= 4 is 5.95 Å². The van der Waals surface area contributed by atoms with Gasteiger partial charge in [0.1, 0.15) is 5.75 Å². The van der Waals surface area contributed by atoms with Crippen molar-refractivity contribution in [2.24, 2.45) is 0 Å². The average molecular weight is 243 g/mol. The third kappa shape index (κ3) is 2.32. The molecule has 1 aromatic heterocycles. The summed E-state index contributed by atoms with van der Waals surface area (Å²) >= 11 is 0. The van der Waals surface area contributed by atoms with Gasteiger partial charge < -0.3 is 10.1 Å². The normalized spacial score (nSPS) is 14.5. The molecule has 3 rings (SSSR count). The van der Waals surface area contributed by atoms with Gasteiger partial charge in [0, 0.05) is 24.1 Å². The fourth-order valence-corrected chi connectivity index (χ4v) is 1.90. The van der Waals surface area contributed by atoms with Crippen LogP contribution >= 0.6 is 0 Å². The SMILES string of the molecule is CCOc1ccc(-n2ccnc2NC2CC2)cc1. The molecule has 1 aliphatic carbocycles. The number of hydrogen-bond donors (Lipinski definition) is 1. The lowest BCUT2D eigenvalue weighted by Gasteiger charge is -2.10. The van der Waals surface area contributed by atoms with Gasteiger partial charge >= 0.3 is 0 Å². The summed E-state index contributed by atoms with van der Waals surface area (Å²) in [6, 6.07) is 8.67. The molecule has 0 unspecified atom stereocenters. The first kappa shape index (κ1) is 11.1. The Morgan fingerprint density at radius 2 is 2.11 bits per heavy atom. The van der Waals surface area contributed by atoms with E-state index in [1.807, 2.05) is 43.6 Å². The van der Waals surface area contributed by atoms with Crippen LogP contribution < -0.4 is 10.1 Å². The molecule has 0 aliphatic heterocycles. The number of imidazole rings is 1. The number of rotatable bonds is 5. The van der Waals surface area contributed by atoms with Crippen LogP contribution in [-0.4, -0.2) is 22.2 Å². The third-order valence-electron chi connectivity index (χ3n) is 2.98. The van der Waals surface area contributed by atoms with Gasteiger partial charge in [0.05, 0.1) is 6.61 Å². The number of hydrogen-bond acceptors (Lipinski definition) is 3. The molecular formula is C14H17N3O. The minimum absolute atomic E-state index is 0.605. The molecule has 1 aromatic carbocycles. The summed E-state index contributed by atoms with van der Waals surface area (Å²) in [5, 5.41) is 3.42. The van der Waals surface area contributed by atoms with E-state index in [1.165, 1.54) is 12.8 Å². The van der Waals surface area contributed by atoms with Crippen LogP contribution in [0, 0.1) is 0 Å². The molecule has 4 nitrogen and oxygen atoms in total. The fourth-order valence-electron chi connectivity index (χ4n) is 1.90. The van der Waals surface area contributed by atoms with E-state index in [9.17, 15) is 0 Å². The Morgan fingerprint density at radius 3 is 2.78 bits per heavy atom. The minimum atomic E-state index is 0.605. The lowest BCUT2D eigenvalue weighted by molar-refractivity contribution is 0.340. The highest BCUT2D eigenvalue weighted by atomic mass is 16.5. The molecule has 1 fully saturated rings. The summed E-state index contributed by atoms with van der Waals surface area (Å²) in [4.78, 5) is 4.35. The van der Waals surface area contributed by atoms with Gasteiger partial charge in [0.15, 0.2) is 0 Å². The molecule has 1 saturated carbocycles. The summed E-state index contributed by atoms with van der Waals surface area (Å²) in [5.41, 5.74) is 1.10. The maximum Gasteiger partial charge on any atom is 0.207 e. The Bertz CT molecular complexity index is 514. The van der Waals surface area contributed by atoms with Crippen LogP contribution in [0.3, 0.4) is 0 Å². The molecule has 0 atom stereocenters. The quantitative estimate of drug-likeness (QED) is 0.877. The Hall–Kier alpha value is -1.97. The first-order valence-corrected chi connectivity index (χ1v) is 6.40. The van der Waals surface area contributed by atoms with Gasteiger partial charge in [-0.05, 0) is 44.0 Å². The third-order valence-corrected chi connectivity index (χ3v) is 2.98. The summed E-state index contributed by atoms with van der Waals surface area (Å²) in [7, 11) is 0. The van der Waals surface area contributed by atoms with Crippen LogP contribution in [0.5, 0.6) is 5.75 Å². The number of ether oxygens (including phenoxy) is 1. The van der Waals surface area contributed by atoms with E-state index in [-0.39, 0.29) is 0 Å². The molecular weight excluding hydrogens is 226 g/mol. The molecule has 1 aliphatic rings. The lowest BCUT2D eigenvalue weighted by atomic mass is 10.3. The van der Waals surface area contributed by atoms with Crippen LogP contribution in [0.4, 0.5) is 5.95 Å². The van der Waals surface area contributed by atoms with Crippen molar-refractivity contribution in [1.29, 1.82) is 0 Å². The predicted octanol–water partition coefficient (Wildman–Crippen LogP) is 2.85. The molecule has 1 heterocycles. The fraction of sp³-hybridized carbons (Fsp3) is 0.357. The molecule has 4 heteroatoms. The second kappa shape index (κ2) is 4.72. The number of nitrogens with zero attached hydrogens (tertiary/aromatic N) is 2. The van der Waals surface area contributed by atoms with Crippen molar-refractivity contribution in [2.75, 3.05) is 11.9 Å².